The lowest BCUT2D eigenvalue weighted by molar-refractivity contribution is -0.137. The number of phenols is 1. The fourth-order valence-corrected chi connectivity index (χ4v) is 2.27. The van der Waals surface area contributed by atoms with Gasteiger partial charge in [0.2, 0.25) is 0 Å². The van der Waals surface area contributed by atoms with Crippen molar-refractivity contribution in [2.75, 3.05) is 14.2 Å². The minimum atomic E-state index is -0.860. The van der Waals surface area contributed by atoms with E-state index in [0.29, 0.717) is 17.1 Å². The van der Waals surface area contributed by atoms with Crippen LogP contribution in [-0.2, 0) is 10.2 Å². The summed E-state index contributed by atoms with van der Waals surface area (Å²) in [7, 11) is 3.00. The Bertz CT molecular complexity index is 477. The maximum Gasteiger partial charge on any atom is 0.304 e. The van der Waals surface area contributed by atoms with Gasteiger partial charge in [-0.3, -0.25) is 4.79 Å². The quantitative estimate of drug-likeness (QED) is 0.837. The summed E-state index contributed by atoms with van der Waals surface area (Å²) in [5, 5.41) is 18.9. The first-order valence-corrected chi connectivity index (χ1v) is 5.69. The first-order chi connectivity index (χ1) is 8.52. The number of aliphatic carboxylic acids is 1. The minimum absolute atomic E-state index is 0.0239. The van der Waals surface area contributed by atoms with E-state index in [1.807, 2.05) is 0 Å². The van der Waals surface area contributed by atoms with Gasteiger partial charge in [-0.25, -0.2) is 0 Å². The zero-order valence-electron chi connectivity index (χ0n) is 10.4. The zero-order valence-corrected chi connectivity index (χ0v) is 10.4. The Hall–Kier alpha value is -1.91. The van der Waals surface area contributed by atoms with Gasteiger partial charge >= 0.3 is 5.97 Å². The normalized spacial score (nSPS) is 16.1. The van der Waals surface area contributed by atoms with Crippen LogP contribution in [0.4, 0.5) is 0 Å². The summed E-state index contributed by atoms with van der Waals surface area (Å²) in [5.41, 5.74) is 0.178. The largest absolute Gasteiger partial charge is 0.508 e. The lowest BCUT2D eigenvalue weighted by atomic mass is 9.91. The first kappa shape index (κ1) is 12.5. The maximum absolute atomic E-state index is 10.9. The van der Waals surface area contributed by atoms with Crippen molar-refractivity contribution in [2.24, 2.45) is 0 Å². The molecule has 2 N–H and O–H groups in total. The molecule has 0 aliphatic heterocycles. The van der Waals surface area contributed by atoms with Gasteiger partial charge in [0.1, 0.15) is 5.75 Å². The molecule has 1 aromatic carbocycles. The van der Waals surface area contributed by atoms with Crippen molar-refractivity contribution < 1.29 is 24.5 Å². The second-order valence-electron chi connectivity index (χ2n) is 4.58. The third kappa shape index (κ3) is 2.08. The third-order valence-electron chi connectivity index (χ3n) is 3.42. The van der Waals surface area contributed by atoms with Crippen LogP contribution in [0.25, 0.3) is 0 Å². The van der Waals surface area contributed by atoms with E-state index in [4.69, 9.17) is 14.6 Å². The highest BCUT2D eigenvalue weighted by Crippen LogP contribution is 2.55. The number of rotatable bonds is 5. The highest BCUT2D eigenvalue weighted by Gasteiger charge is 2.48. The number of methoxy groups -OCH3 is 2. The van der Waals surface area contributed by atoms with E-state index in [0.717, 1.165) is 12.8 Å². The van der Waals surface area contributed by atoms with Crippen LogP contribution in [0.5, 0.6) is 17.2 Å². The molecule has 0 unspecified atom stereocenters. The van der Waals surface area contributed by atoms with Crippen molar-refractivity contribution in [2.45, 2.75) is 24.7 Å². The second kappa shape index (κ2) is 4.40. The van der Waals surface area contributed by atoms with Crippen LogP contribution in [0.15, 0.2) is 12.1 Å². The molecule has 0 heterocycles. The van der Waals surface area contributed by atoms with Crippen LogP contribution in [0.3, 0.4) is 0 Å². The molecule has 1 fully saturated rings. The van der Waals surface area contributed by atoms with E-state index in [1.165, 1.54) is 20.3 Å². The van der Waals surface area contributed by atoms with Gasteiger partial charge in [0, 0.05) is 17.0 Å². The average Bonchev–Trinajstić information content (AvgIpc) is 3.08. The van der Waals surface area contributed by atoms with E-state index >= 15 is 0 Å². The summed E-state index contributed by atoms with van der Waals surface area (Å²) in [6.45, 7) is 0. The highest BCUT2D eigenvalue weighted by molar-refractivity contribution is 5.71. The van der Waals surface area contributed by atoms with Crippen LogP contribution in [0.1, 0.15) is 24.8 Å². The lowest BCUT2D eigenvalue weighted by Gasteiger charge is -2.17. The summed E-state index contributed by atoms with van der Waals surface area (Å²) < 4.78 is 10.3. The Morgan fingerprint density at radius 1 is 1.28 bits per heavy atom. The van der Waals surface area contributed by atoms with Gasteiger partial charge < -0.3 is 19.7 Å². The fourth-order valence-electron chi connectivity index (χ4n) is 2.27. The fraction of sp³-hybridized carbons (Fsp3) is 0.462. The highest BCUT2D eigenvalue weighted by atomic mass is 16.5. The Labute approximate surface area is 105 Å². The number of phenolic OH excluding ortho intramolecular Hbond substituents is 1. The molecule has 0 atom stereocenters. The molecule has 1 saturated carbocycles. The SMILES string of the molecule is COc1cc(O)c(C2(CC(=O)O)CC2)cc1OC. The Morgan fingerprint density at radius 2 is 1.83 bits per heavy atom. The molecule has 0 saturated heterocycles. The molecule has 18 heavy (non-hydrogen) atoms. The smallest absolute Gasteiger partial charge is 0.304 e. The van der Waals surface area contributed by atoms with E-state index < -0.39 is 11.4 Å². The molecule has 2 rings (SSSR count). The standard InChI is InChI=1S/C13H16O5/c1-17-10-5-8(9(14)6-11(10)18-2)13(3-4-13)7-12(15)16/h5-6,14H,3-4,7H2,1-2H3,(H,15,16). The maximum atomic E-state index is 10.9. The summed E-state index contributed by atoms with van der Waals surface area (Å²) in [5.74, 6) is 0.139. The van der Waals surface area contributed by atoms with Crippen molar-refractivity contribution in [3.05, 3.63) is 17.7 Å². The molecule has 5 heteroatoms. The molecule has 0 radical (unpaired) electrons. The summed E-state index contributed by atoms with van der Waals surface area (Å²) in [6.07, 6.45) is 1.56. The van der Waals surface area contributed by atoms with Gasteiger partial charge in [-0.05, 0) is 18.9 Å². The van der Waals surface area contributed by atoms with Crippen molar-refractivity contribution in [3.8, 4) is 17.2 Å². The number of hydrogen-bond acceptors (Lipinski definition) is 4. The molecule has 0 aromatic heterocycles. The molecule has 1 aromatic rings. The molecule has 0 spiro atoms. The second-order valence-corrected chi connectivity index (χ2v) is 4.58. The number of benzene rings is 1. The summed E-state index contributed by atoms with van der Waals surface area (Å²) >= 11 is 0. The van der Waals surface area contributed by atoms with Gasteiger partial charge in [-0.2, -0.15) is 0 Å². The average molecular weight is 252 g/mol. The van der Waals surface area contributed by atoms with Crippen LogP contribution < -0.4 is 9.47 Å². The van der Waals surface area contributed by atoms with E-state index in [9.17, 15) is 9.90 Å². The van der Waals surface area contributed by atoms with Crippen LogP contribution in [0, 0.1) is 0 Å². The number of carbonyl (C=O) groups is 1. The van der Waals surface area contributed by atoms with Gasteiger partial charge in [0.25, 0.3) is 0 Å². The number of aromatic hydroxyl groups is 1. The predicted octanol–water partition coefficient (Wildman–Crippen LogP) is 1.92. The Kier molecular flexibility index (Phi) is 3.07. The van der Waals surface area contributed by atoms with Gasteiger partial charge in [-0.1, -0.05) is 0 Å². The van der Waals surface area contributed by atoms with Crippen molar-refractivity contribution in [1.82, 2.24) is 0 Å². The number of carboxylic acids is 1. The molecular weight excluding hydrogens is 236 g/mol. The monoisotopic (exact) mass is 252 g/mol. The van der Waals surface area contributed by atoms with Crippen molar-refractivity contribution in [1.29, 1.82) is 0 Å². The Balaban J connectivity index is 2.42. The Morgan fingerprint density at radius 3 is 2.28 bits per heavy atom. The molecule has 5 nitrogen and oxygen atoms in total. The first-order valence-electron chi connectivity index (χ1n) is 5.69. The van der Waals surface area contributed by atoms with Gasteiger partial charge in [0.05, 0.1) is 20.6 Å². The van der Waals surface area contributed by atoms with Crippen LogP contribution in [-0.4, -0.2) is 30.4 Å². The predicted molar refractivity (Wildman–Crippen MR) is 64.4 cm³/mol. The zero-order chi connectivity index (χ0) is 13.3. The van der Waals surface area contributed by atoms with Crippen molar-refractivity contribution >= 4 is 5.97 Å². The van der Waals surface area contributed by atoms with Crippen LogP contribution in [0.2, 0.25) is 0 Å². The topological polar surface area (TPSA) is 76.0 Å². The molecule has 1 aliphatic carbocycles. The van der Waals surface area contributed by atoms with E-state index in [2.05, 4.69) is 0 Å². The molecule has 1 aliphatic rings. The molecule has 98 valence electrons. The molecule has 0 amide bonds. The lowest BCUT2D eigenvalue weighted by Crippen LogP contribution is -2.13. The van der Waals surface area contributed by atoms with Crippen LogP contribution >= 0.6 is 0 Å². The summed E-state index contributed by atoms with van der Waals surface area (Å²) in [6, 6.07) is 3.14. The molecular formula is C13H16O5. The van der Waals surface area contributed by atoms with E-state index in [1.54, 1.807) is 6.07 Å². The number of ether oxygens (including phenoxy) is 2. The number of carboxylic acid groups (broad SMARTS) is 1. The van der Waals surface area contributed by atoms with E-state index in [-0.39, 0.29) is 12.2 Å². The third-order valence-corrected chi connectivity index (χ3v) is 3.42. The minimum Gasteiger partial charge on any atom is -0.508 e. The molecule has 0 bridgehead atoms. The van der Waals surface area contributed by atoms with Gasteiger partial charge in [0.15, 0.2) is 11.5 Å². The summed E-state index contributed by atoms with van der Waals surface area (Å²) in [4.78, 5) is 10.9. The van der Waals surface area contributed by atoms with Crippen molar-refractivity contribution in [3.63, 3.8) is 0 Å². The number of hydrogen-bond donors (Lipinski definition) is 2. The van der Waals surface area contributed by atoms with Gasteiger partial charge in [-0.15, -0.1) is 0 Å².